The van der Waals surface area contributed by atoms with Crippen molar-refractivity contribution in [1.82, 2.24) is 5.32 Å². The van der Waals surface area contributed by atoms with E-state index in [0.717, 1.165) is 80.4 Å². The molecular formula is C35H33NO5S. The number of hydrogen-bond acceptors (Lipinski definition) is 6. The molecule has 1 atom stereocenters. The molecule has 1 N–H and O–H groups in total. The lowest BCUT2D eigenvalue weighted by atomic mass is 9.87. The van der Waals surface area contributed by atoms with E-state index in [2.05, 4.69) is 45.1 Å². The van der Waals surface area contributed by atoms with E-state index in [1.165, 1.54) is 5.56 Å². The van der Waals surface area contributed by atoms with Crippen molar-refractivity contribution >= 4 is 39.8 Å². The number of carbonyl (C=O) groups is 2. The van der Waals surface area contributed by atoms with Gasteiger partial charge in [0, 0.05) is 10.9 Å². The van der Waals surface area contributed by atoms with Crippen LogP contribution in [0, 0.1) is 20.8 Å². The first-order chi connectivity index (χ1) is 20.2. The Kier molecular flexibility index (Phi) is 7.45. The van der Waals surface area contributed by atoms with Crippen LogP contribution in [0.5, 0.6) is 17.2 Å². The normalized spacial score (nSPS) is 19.0. The molecule has 1 saturated heterocycles. The minimum Gasteiger partial charge on any atom is -0.489 e. The van der Waals surface area contributed by atoms with Crippen molar-refractivity contribution < 1.29 is 23.8 Å². The molecule has 0 spiro atoms. The Morgan fingerprint density at radius 1 is 0.905 bits per heavy atom. The molecule has 2 aliphatic rings. The number of benzene rings is 4. The van der Waals surface area contributed by atoms with Crippen molar-refractivity contribution in [3.63, 3.8) is 0 Å². The highest BCUT2D eigenvalue weighted by Gasteiger charge is 2.36. The quantitative estimate of drug-likeness (QED) is 0.225. The van der Waals surface area contributed by atoms with Crippen molar-refractivity contribution in [2.75, 3.05) is 6.61 Å². The Bertz CT molecular complexity index is 1750. The van der Waals surface area contributed by atoms with Gasteiger partial charge in [0.1, 0.15) is 36.1 Å². The monoisotopic (exact) mass is 579 g/mol. The molecule has 0 bridgehead atoms. The number of carbonyl (C=O) groups excluding carboxylic acids is 2. The topological polar surface area (TPSA) is 73.9 Å². The maximum absolute atomic E-state index is 12.1. The lowest BCUT2D eigenvalue weighted by Gasteiger charge is -2.38. The fourth-order valence-electron chi connectivity index (χ4n) is 5.67. The van der Waals surface area contributed by atoms with Crippen molar-refractivity contribution in [2.45, 2.75) is 52.7 Å². The predicted molar refractivity (Wildman–Crippen MR) is 167 cm³/mol. The zero-order chi connectivity index (χ0) is 29.4. The summed E-state index contributed by atoms with van der Waals surface area (Å²) >= 11 is 0.915. The number of amides is 2. The van der Waals surface area contributed by atoms with E-state index < -0.39 is 5.60 Å². The zero-order valence-corrected chi connectivity index (χ0v) is 25.0. The minimum absolute atomic E-state index is 0.352. The second kappa shape index (κ2) is 11.2. The summed E-state index contributed by atoms with van der Waals surface area (Å²) in [6, 6.07) is 22.0. The first kappa shape index (κ1) is 27.9. The van der Waals surface area contributed by atoms with Crippen molar-refractivity contribution in [3.8, 4) is 17.2 Å². The van der Waals surface area contributed by atoms with Crippen LogP contribution in [0.2, 0.25) is 0 Å². The average Bonchev–Trinajstić information content (AvgIpc) is 3.31. The number of imide groups is 1. The first-order valence-electron chi connectivity index (χ1n) is 14.1. The molecule has 4 aromatic carbocycles. The average molecular weight is 580 g/mol. The van der Waals surface area contributed by atoms with Gasteiger partial charge in [-0.05, 0) is 97.6 Å². The van der Waals surface area contributed by atoms with Crippen LogP contribution in [-0.4, -0.2) is 23.4 Å². The Labute approximate surface area is 250 Å². The van der Waals surface area contributed by atoms with Gasteiger partial charge < -0.3 is 14.2 Å². The summed E-state index contributed by atoms with van der Waals surface area (Å²) in [4.78, 5) is 24.1. The molecule has 0 aliphatic carbocycles. The fourth-order valence-corrected chi connectivity index (χ4v) is 6.34. The van der Waals surface area contributed by atoms with Gasteiger partial charge in [-0.25, -0.2) is 0 Å². The summed E-state index contributed by atoms with van der Waals surface area (Å²) in [6.07, 6.45) is 3.43. The molecule has 2 amide bonds. The molecule has 6 nitrogen and oxygen atoms in total. The molecular weight excluding hydrogens is 546 g/mol. The Morgan fingerprint density at radius 2 is 1.64 bits per heavy atom. The number of hydrogen-bond donors (Lipinski definition) is 1. The summed E-state index contributed by atoms with van der Waals surface area (Å²) in [7, 11) is 0. The highest BCUT2D eigenvalue weighted by atomic mass is 32.2. The third-order valence-electron chi connectivity index (χ3n) is 8.17. The summed E-state index contributed by atoms with van der Waals surface area (Å²) in [6.45, 7) is 9.34. The summed E-state index contributed by atoms with van der Waals surface area (Å²) in [5.41, 5.74) is 6.02. The lowest BCUT2D eigenvalue weighted by molar-refractivity contribution is -0.115. The molecule has 6 rings (SSSR count). The fraction of sp³-hybridized carbons (Fsp3) is 0.257. The van der Waals surface area contributed by atoms with Crippen LogP contribution in [0.3, 0.4) is 0 Å². The molecule has 2 aliphatic heterocycles. The second-order valence-corrected chi connectivity index (χ2v) is 12.2. The zero-order valence-electron chi connectivity index (χ0n) is 24.2. The molecule has 0 aromatic heterocycles. The molecule has 1 unspecified atom stereocenters. The van der Waals surface area contributed by atoms with Gasteiger partial charge in [-0.1, -0.05) is 60.7 Å². The molecule has 2 heterocycles. The molecule has 0 radical (unpaired) electrons. The summed E-state index contributed by atoms with van der Waals surface area (Å²) in [5, 5.41) is 3.84. The maximum atomic E-state index is 12.1. The minimum atomic E-state index is -0.510. The third kappa shape index (κ3) is 5.37. The van der Waals surface area contributed by atoms with Gasteiger partial charge in [-0.15, -0.1) is 0 Å². The maximum Gasteiger partial charge on any atom is 0.290 e. The van der Waals surface area contributed by atoms with Crippen LogP contribution < -0.4 is 19.5 Å². The van der Waals surface area contributed by atoms with E-state index in [1.54, 1.807) is 6.08 Å². The summed E-state index contributed by atoms with van der Waals surface area (Å²) in [5.74, 6) is 2.26. The van der Waals surface area contributed by atoms with Gasteiger partial charge in [-0.2, -0.15) is 0 Å². The van der Waals surface area contributed by atoms with Gasteiger partial charge in [0.25, 0.3) is 11.1 Å². The van der Waals surface area contributed by atoms with Crippen LogP contribution in [0.4, 0.5) is 4.79 Å². The van der Waals surface area contributed by atoms with Crippen LogP contribution >= 0.6 is 11.8 Å². The lowest BCUT2D eigenvalue weighted by Crippen LogP contribution is -2.42. The smallest absolute Gasteiger partial charge is 0.290 e. The van der Waals surface area contributed by atoms with Crippen LogP contribution in [-0.2, 0) is 17.8 Å². The van der Waals surface area contributed by atoms with Gasteiger partial charge in [0.15, 0.2) is 0 Å². The number of rotatable bonds is 7. The Balaban J connectivity index is 1.22. The highest BCUT2D eigenvalue weighted by molar-refractivity contribution is 8.18. The van der Waals surface area contributed by atoms with Gasteiger partial charge >= 0.3 is 0 Å². The van der Waals surface area contributed by atoms with E-state index in [0.29, 0.717) is 18.1 Å². The molecule has 0 saturated carbocycles. The van der Waals surface area contributed by atoms with Gasteiger partial charge in [0.05, 0.1) is 4.91 Å². The largest absolute Gasteiger partial charge is 0.489 e. The highest BCUT2D eigenvalue weighted by Crippen LogP contribution is 2.44. The van der Waals surface area contributed by atoms with Crippen LogP contribution in [0.1, 0.15) is 46.7 Å². The number of fused-ring (bicyclic) bond motifs is 2. The van der Waals surface area contributed by atoms with Crippen LogP contribution in [0.25, 0.3) is 16.8 Å². The van der Waals surface area contributed by atoms with Gasteiger partial charge in [0.2, 0.25) is 0 Å². The van der Waals surface area contributed by atoms with E-state index in [4.69, 9.17) is 14.2 Å². The first-order valence-corrected chi connectivity index (χ1v) is 14.9. The molecule has 7 heteroatoms. The third-order valence-corrected chi connectivity index (χ3v) is 8.98. The SMILES string of the molecule is Cc1c(C)c2c(c(C)c1OCc1ccccc1)CCC(C)(COc1ccc(C=C3SC(=O)NC3=O)c3ccccc13)O2. The van der Waals surface area contributed by atoms with E-state index in [1.807, 2.05) is 54.6 Å². The standard InChI is InChI=1S/C35H33NO5S/c1-21-22(2)32-26(23(3)31(21)39-19-24-10-6-5-7-11-24)16-17-35(4,41-32)20-40-29-15-14-25(27-12-8-9-13-28(27)29)18-30-33(37)36-34(38)42-30/h5-15,18H,16-17,19-20H2,1-4H3,(H,36,37,38). The molecule has 214 valence electrons. The number of thioether (sulfide) groups is 1. The van der Waals surface area contributed by atoms with E-state index in [9.17, 15) is 9.59 Å². The molecule has 1 fully saturated rings. The number of ether oxygens (including phenoxy) is 3. The van der Waals surface area contributed by atoms with Crippen LogP contribution in [0.15, 0.2) is 71.6 Å². The second-order valence-electron chi connectivity index (χ2n) is 11.2. The van der Waals surface area contributed by atoms with E-state index in [-0.39, 0.29) is 11.1 Å². The Morgan fingerprint density at radius 3 is 2.38 bits per heavy atom. The Hall–Kier alpha value is -4.23. The molecule has 4 aromatic rings. The van der Waals surface area contributed by atoms with Gasteiger partial charge in [-0.3, -0.25) is 14.9 Å². The van der Waals surface area contributed by atoms with E-state index >= 15 is 0 Å². The molecule has 42 heavy (non-hydrogen) atoms. The van der Waals surface area contributed by atoms with Crippen molar-refractivity contribution in [3.05, 3.63) is 105 Å². The van der Waals surface area contributed by atoms with Crippen molar-refractivity contribution in [2.24, 2.45) is 0 Å². The number of nitrogens with one attached hydrogen (secondary N) is 1. The predicted octanol–water partition coefficient (Wildman–Crippen LogP) is 7.83. The van der Waals surface area contributed by atoms with Crippen molar-refractivity contribution in [1.29, 1.82) is 0 Å². The summed E-state index contributed by atoms with van der Waals surface area (Å²) < 4.78 is 19.5.